The normalized spacial score (nSPS) is 45.2. The molecular weight excluding hydrogens is 320 g/mol. The van der Waals surface area contributed by atoms with Gasteiger partial charge in [-0.25, -0.2) is 0 Å². The van der Waals surface area contributed by atoms with Gasteiger partial charge in [-0.05, 0) is 17.9 Å². The van der Waals surface area contributed by atoms with Crippen LogP contribution in [-0.4, -0.2) is 75.7 Å². The Morgan fingerprint density at radius 2 is 1.88 bits per heavy atom. The van der Waals surface area contributed by atoms with Crippen molar-refractivity contribution in [3.8, 4) is 0 Å². The molecule has 0 aromatic carbocycles. The van der Waals surface area contributed by atoms with Crippen LogP contribution in [0.15, 0.2) is 23.5 Å². The van der Waals surface area contributed by atoms with Crippen molar-refractivity contribution in [1.82, 2.24) is 0 Å². The van der Waals surface area contributed by atoms with Crippen LogP contribution in [0.2, 0.25) is 0 Å². The van der Waals surface area contributed by atoms with Crippen LogP contribution >= 0.6 is 0 Å². The van der Waals surface area contributed by atoms with Gasteiger partial charge in [0.2, 0.25) is 6.29 Å². The molecule has 1 fully saturated rings. The van der Waals surface area contributed by atoms with Crippen molar-refractivity contribution < 1.29 is 39.7 Å². The number of ether oxygens (including phenoxy) is 3. The highest BCUT2D eigenvalue weighted by atomic mass is 16.8. The maximum absolute atomic E-state index is 10.1. The number of aliphatic hydroxyl groups is 5. The Labute approximate surface area is 139 Å². The van der Waals surface area contributed by atoms with Crippen LogP contribution in [0.1, 0.15) is 13.3 Å². The molecule has 136 valence electrons. The molecule has 3 rings (SSSR count). The highest BCUT2D eigenvalue weighted by Gasteiger charge is 2.47. The highest BCUT2D eigenvalue weighted by molar-refractivity contribution is 5.38. The monoisotopic (exact) mass is 344 g/mol. The predicted octanol–water partition coefficient (Wildman–Crippen LogP) is -1.38. The zero-order valence-electron chi connectivity index (χ0n) is 13.4. The first-order chi connectivity index (χ1) is 11.5. The minimum Gasteiger partial charge on any atom is -0.471 e. The van der Waals surface area contributed by atoms with E-state index in [0.717, 1.165) is 12.0 Å². The minimum absolute atomic E-state index is 0.135. The van der Waals surface area contributed by atoms with Crippen LogP contribution in [0.25, 0.3) is 0 Å². The standard InChI is InChI=1S/C16H24O8/c1-7-2-3-9-8(4-17)6-22-15(11(7)9)24-16-14(21)13(20)12(19)10(5-18)23-16/h3,6-7,10-21H,2,4-5H2,1H3/t7?,10-,11?,12-,13+,14-,15?,16+/m1/s1. The summed E-state index contributed by atoms with van der Waals surface area (Å²) in [4.78, 5) is 0. The maximum atomic E-state index is 10.1. The van der Waals surface area contributed by atoms with Gasteiger partial charge in [0.25, 0.3) is 0 Å². The molecule has 0 amide bonds. The average molecular weight is 344 g/mol. The second kappa shape index (κ2) is 7.09. The van der Waals surface area contributed by atoms with Gasteiger partial charge in [-0.15, -0.1) is 0 Å². The van der Waals surface area contributed by atoms with E-state index in [1.165, 1.54) is 6.26 Å². The molecule has 8 nitrogen and oxygen atoms in total. The van der Waals surface area contributed by atoms with E-state index >= 15 is 0 Å². The first kappa shape index (κ1) is 17.8. The van der Waals surface area contributed by atoms with E-state index in [1.807, 2.05) is 13.0 Å². The molecule has 5 N–H and O–H groups in total. The molecule has 1 aliphatic carbocycles. The van der Waals surface area contributed by atoms with Crippen LogP contribution < -0.4 is 0 Å². The number of hydrogen-bond donors (Lipinski definition) is 5. The fourth-order valence-corrected chi connectivity index (χ4v) is 3.52. The molecule has 0 radical (unpaired) electrons. The van der Waals surface area contributed by atoms with Crippen molar-refractivity contribution in [2.45, 2.75) is 50.3 Å². The van der Waals surface area contributed by atoms with E-state index in [0.29, 0.717) is 5.57 Å². The molecule has 2 heterocycles. The number of hydrogen-bond acceptors (Lipinski definition) is 8. The summed E-state index contributed by atoms with van der Waals surface area (Å²) in [6.45, 7) is 1.37. The lowest BCUT2D eigenvalue weighted by atomic mass is 9.87. The van der Waals surface area contributed by atoms with Crippen molar-refractivity contribution in [3.63, 3.8) is 0 Å². The third-order valence-corrected chi connectivity index (χ3v) is 4.98. The van der Waals surface area contributed by atoms with E-state index in [4.69, 9.17) is 14.2 Å². The Morgan fingerprint density at radius 3 is 2.54 bits per heavy atom. The van der Waals surface area contributed by atoms with Crippen molar-refractivity contribution in [3.05, 3.63) is 23.5 Å². The van der Waals surface area contributed by atoms with Crippen LogP contribution in [0.3, 0.4) is 0 Å². The van der Waals surface area contributed by atoms with E-state index < -0.39 is 43.6 Å². The Hall–Kier alpha value is -1.00. The summed E-state index contributed by atoms with van der Waals surface area (Å²) in [6.07, 6.45) is -3.17. The SMILES string of the molecule is CC1CC=C2C(CO)=COC(O[C@@H]3O[C@H](CO)[C@@H](O)[C@H](O)[C@H]3O)C21. The first-order valence-electron chi connectivity index (χ1n) is 8.09. The summed E-state index contributed by atoms with van der Waals surface area (Å²) in [5.41, 5.74) is 1.64. The zero-order valence-corrected chi connectivity index (χ0v) is 13.4. The summed E-state index contributed by atoms with van der Waals surface area (Å²) in [7, 11) is 0. The van der Waals surface area contributed by atoms with Crippen LogP contribution in [-0.2, 0) is 14.2 Å². The Morgan fingerprint density at radius 1 is 1.12 bits per heavy atom. The fourth-order valence-electron chi connectivity index (χ4n) is 3.52. The lowest BCUT2D eigenvalue weighted by Crippen LogP contribution is -2.60. The molecule has 3 unspecified atom stereocenters. The lowest BCUT2D eigenvalue weighted by Gasteiger charge is -2.42. The summed E-state index contributed by atoms with van der Waals surface area (Å²) in [6, 6.07) is 0. The third kappa shape index (κ3) is 2.99. The van der Waals surface area contributed by atoms with Crippen molar-refractivity contribution in [1.29, 1.82) is 0 Å². The van der Waals surface area contributed by atoms with E-state index in [1.54, 1.807) is 0 Å². The van der Waals surface area contributed by atoms with Gasteiger partial charge in [0.1, 0.15) is 24.4 Å². The van der Waals surface area contributed by atoms with Gasteiger partial charge < -0.3 is 39.7 Å². The Bertz CT molecular complexity index is 516. The van der Waals surface area contributed by atoms with E-state index in [-0.39, 0.29) is 18.4 Å². The topological polar surface area (TPSA) is 129 Å². The average Bonchev–Trinajstić information content (AvgIpc) is 2.98. The molecule has 8 atom stereocenters. The van der Waals surface area contributed by atoms with Crippen LogP contribution in [0, 0.1) is 11.8 Å². The minimum atomic E-state index is -1.50. The number of fused-ring (bicyclic) bond motifs is 1. The number of aliphatic hydroxyl groups excluding tert-OH is 5. The lowest BCUT2D eigenvalue weighted by molar-refractivity contribution is -0.339. The van der Waals surface area contributed by atoms with Gasteiger partial charge in [0.15, 0.2) is 6.29 Å². The van der Waals surface area contributed by atoms with Gasteiger partial charge in [-0.2, -0.15) is 0 Å². The molecule has 0 spiro atoms. The molecule has 0 bridgehead atoms. The van der Waals surface area contributed by atoms with E-state index in [9.17, 15) is 25.5 Å². The van der Waals surface area contributed by atoms with Gasteiger partial charge in [-0.1, -0.05) is 13.0 Å². The molecule has 0 saturated carbocycles. The van der Waals surface area contributed by atoms with Gasteiger partial charge >= 0.3 is 0 Å². The summed E-state index contributed by atoms with van der Waals surface area (Å²) >= 11 is 0. The molecular formula is C16H24O8. The molecule has 2 aliphatic heterocycles. The highest BCUT2D eigenvalue weighted by Crippen LogP contribution is 2.43. The van der Waals surface area contributed by atoms with Crippen molar-refractivity contribution >= 4 is 0 Å². The molecule has 0 aromatic heterocycles. The smallest absolute Gasteiger partial charge is 0.208 e. The fraction of sp³-hybridized carbons (Fsp3) is 0.750. The largest absolute Gasteiger partial charge is 0.471 e. The zero-order chi connectivity index (χ0) is 17.4. The summed E-state index contributed by atoms with van der Waals surface area (Å²) in [5.74, 6) is 0.0784. The summed E-state index contributed by atoms with van der Waals surface area (Å²) < 4.78 is 16.7. The molecule has 3 aliphatic rings. The molecule has 0 aromatic rings. The van der Waals surface area contributed by atoms with Crippen LogP contribution in [0.4, 0.5) is 0 Å². The van der Waals surface area contributed by atoms with Crippen LogP contribution in [0.5, 0.6) is 0 Å². The molecule has 1 saturated heterocycles. The third-order valence-electron chi connectivity index (χ3n) is 4.98. The molecule has 8 heteroatoms. The first-order valence-corrected chi connectivity index (χ1v) is 8.09. The number of allylic oxidation sites excluding steroid dienone is 1. The van der Waals surface area contributed by atoms with Crippen molar-refractivity contribution in [2.75, 3.05) is 13.2 Å². The Kier molecular flexibility index (Phi) is 5.26. The maximum Gasteiger partial charge on any atom is 0.208 e. The quantitative estimate of drug-likeness (QED) is 0.422. The Balaban J connectivity index is 1.75. The number of rotatable bonds is 4. The van der Waals surface area contributed by atoms with Gasteiger partial charge in [0, 0.05) is 11.5 Å². The van der Waals surface area contributed by atoms with Crippen molar-refractivity contribution in [2.24, 2.45) is 11.8 Å². The molecule has 24 heavy (non-hydrogen) atoms. The second-order valence-electron chi connectivity index (χ2n) is 6.54. The predicted molar refractivity (Wildman–Crippen MR) is 80.2 cm³/mol. The summed E-state index contributed by atoms with van der Waals surface area (Å²) in [5, 5.41) is 48.4. The van der Waals surface area contributed by atoms with Gasteiger partial charge in [-0.3, -0.25) is 0 Å². The van der Waals surface area contributed by atoms with Gasteiger partial charge in [0.05, 0.1) is 19.5 Å². The van der Waals surface area contributed by atoms with E-state index in [2.05, 4.69) is 0 Å². The second-order valence-corrected chi connectivity index (χ2v) is 6.54.